The van der Waals surface area contributed by atoms with E-state index in [2.05, 4.69) is 55.2 Å². The lowest BCUT2D eigenvalue weighted by Crippen LogP contribution is -1.94. The maximum absolute atomic E-state index is 4.13. The van der Waals surface area contributed by atoms with Gasteiger partial charge >= 0.3 is 0 Å². The maximum Gasteiger partial charge on any atom is 0.116 e. The molecule has 2 aromatic rings. The van der Waals surface area contributed by atoms with Gasteiger partial charge in [0.2, 0.25) is 0 Å². The quantitative estimate of drug-likeness (QED) is 0.814. The van der Waals surface area contributed by atoms with Crippen molar-refractivity contribution >= 4 is 11.0 Å². The number of aromatic amines is 1. The number of fused-ring (bicyclic) bond motifs is 1. The fraction of sp³-hybridized carbons (Fsp3) is 0.500. The Hall–Kier alpha value is -1.38. The van der Waals surface area contributed by atoms with E-state index < -0.39 is 0 Å². The van der Waals surface area contributed by atoms with Gasteiger partial charge in [-0.1, -0.05) is 39.0 Å². The van der Waals surface area contributed by atoms with Crippen LogP contribution in [-0.4, -0.2) is 15.4 Å². The van der Waals surface area contributed by atoms with E-state index in [1.165, 1.54) is 11.1 Å². The summed E-state index contributed by atoms with van der Waals surface area (Å²) >= 11 is 0. The maximum atomic E-state index is 4.13. The fourth-order valence-corrected chi connectivity index (χ4v) is 1.78. The summed E-state index contributed by atoms with van der Waals surface area (Å²) in [5.41, 5.74) is 4.68. The predicted octanol–water partition coefficient (Wildman–Crippen LogP) is 3.20. The normalized spacial score (nSPS) is 11.9. The molecule has 0 atom stereocenters. The predicted molar refractivity (Wildman–Crippen MR) is 62.1 cm³/mol. The van der Waals surface area contributed by atoms with Crippen LogP contribution in [0.3, 0.4) is 0 Å². The van der Waals surface area contributed by atoms with Gasteiger partial charge in [0.25, 0.3) is 0 Å². The minimum atomic E-state index is 0.483. The number of nitrogens with one attached hydrogen (secondary N) is 1. The number of hydrogen-bond acceptors (Lipinski definition) is 2. The highest BCUT2D eigenvalue weighted by atomic mass is 15.3. The van der Waals surface area contributed by atoms with Crippen LogP contribution in [-0.2, 0) is 0 Å². The second-order valence-electron chi connectivity index (χ2n) is 4.63. The van der Waals surface area contributed by atoms with Crippen LogP contribution in [0.4, 0.5) is 0 Å². The first-order valence-electron chi connectivity index (χ1n) is 5.44. The molecule has 1 aromatic carbocycles. The first kappa shape index (κ1) is 10.1. The van der Waals surface area contributed by atoms with E-state index in [0.717, 1.165) is 11.0 Å². The molecule has 1 N–H and O–H groups in total. The SMILES string of the molecule is CC(C)c1cc(C(C)C)c2nn[nH]c2c1. The Morgan fingerprint density at radius 1 is 1.07 bits per heavy atom. The second-order valence-corrected chi connectivity index (χ2v) is 4.63. The van der Waals surface area contributed by atoms with Crippen LogP contribution in [0, 0.1) is 0 Å². The summed E-state index contributed by atoms with van der Waals surface area (Å²) in [5.74, 6) is 1.02. The zero-order valence-corrected chi connectivity index (χ0v) is 9.70. The molecule has 1 aromatic heterocycles. The Labute approximate surface area is 89.9 Å². The Balaban J connectivity index is 2.69. The van der Waals surface area contributed by atoms with Crippen LogP contribution in [0.5, 0.6) is 0 Å². The first-order valence-corrected chi connectivity index (χ1v) is 5.44. The molecule has 0 unspecified atom stereocenters. The number of aromatic nitrogens is 3. The van der Waals surface area contributed by atoms with Crippen molar-refractivity contribution in [3.8, 4) is 0 Å². The number of rotatable bonds is 2. The lowest BCUT2D eigenvalue weighted by Gasteiger charge is -2.11. The second kappa shape index (κ2) is 3.65. The molecule has 3 nitrogen and oxygen atoms in total. The topological polar surface area (TPSA) is 41.6 Å². The third kappa shape index (κ3) is 1.74. The van der Waals surface area contributed by atoms with Crippen LogP contribution < -0.4 is 0 Å². The monoisotopic (exact) mass is 203 g/mol. The van der Waals surface area contributed by atoms with Crippen molar-refractivity contribution in [2.75, 3.05) is 0 Å². The van der Waals surface area contributed by atoms with Gasteiger partial charge in [0.1, 0.15) is 5.52 Å². The minimum absolute atomic E-state index is 0.483. The van der Waals surface area contributed by atoms with Crippen LogP contribution in [0.25, 0.3) is 11.0 Å². The van der Waals surface area contributed by atoms with Crippen molar-refractivity contribution in [1.29, 1.82) is 0 Å². The molecular formula is C12H17N3. The molecule has 0 spiro atoms. The molecule has 3 heteroatoms. The van der Waals surface area contributed by atoms with Crippen molar-refractivity contribution in [2.45, 2.75) is 39.5 Å². The molecule has 1 heterocycles. The van der Waals surface area contributed by atoms with Crippen LogP contribution in [0.1, 0.15) is 50.7 Å². The summed E-state index contributed by atoms with van der Waals surface area (Å²) in [5, 5.41) is 11.0. The largest absolute Gasteiger partial charge is 0.258 e. The molecule has 80 valence electrons. The van der Waals surface area contributed by atoms with Gasteiger partial charge in [-0.15, -0.1) is 5.10 Å². The molecule has 0 aliphatic heterocycles. The summed E-state index contributed by atoms with van der Waals surface area (Å²) in [6, 6.07) is 4.39. The summed E-state index contributed by atoms with van der Waals surface area (Å²) in [6.07, 6.45) is 0. The Morgan fingerprint density at radius 2 is 1.80 bits per heavy atom. The Kier molecular flexibility index (Phi) is 2.47. The minimum Gasteiger partial charge on any atom is -0.258 e. The number of hydrogen-bond donors (Lipinski definition) is 1. The van der Waals surface area contributed by atoms with Gasteiger partial charge in [0.15, 0.2) is 0 Å². The highest BCUT2D eigenvalue weighted by Crippen LogP contribution is 2.27. The molecule has 0 fully saturated rings. The van der Waals surface area contributed by atoms with E-state index in [9.17, 15) is 0 Å². The first-order chi connectivity index (χ1) is 7.09. The van der Waals surface area contributed by atoms with Crippen LogP contribution in [0.2, 0.25) is 0 Å². The zero-order chi connectivity index (χ0) is 11.0. The van der Waals surface area contributed by atoms with Gasteiger partial charge in [0.05, 0.1) is 5.52 Å². The van der Waals surface area contributed by atoms with Gasteiger partial charge in [-0.3, -0.25) is 5.10 Å². The summed E-state index contributed by atoms with van der Waals surface area (Å²) in [7, 11) is 0. The van der Waals surface area contributed by atoms with Gasteiger partial charge in [-0.25, -0.2) is 0 Å². The van der Waals surface area contributed by atoms with Gasteiger partial charge in [-0.05, 0) is 29.0 Å². The molecule has 0 aliphatic rings. The van der Waals surface area contributed by atoms with Crippen molar-refractivity contribution in [3.05, 3.63) is 23.3 Å². The summed E-state index contributed by atoms with van der Waals surface area (Å²) in [6.45, 7) is 8.78. The third-order valence-electron chi connectivity index (χ3n) is 2.77. The van der Waals surface area contributed by atoms with E-state index in [1.54, 1.807) is 0 Å². The third-order valence-corrected chi connectivity index (χ3v) is 2.77. The molecule has 15 heavy (non-hydrogen) atoms. The van der Waals surface area contributed by atoms with Gasteiger partial charge < -0.3 is 0 Å². The van der Waals surface area contributed by atoms with E-state index in [4.69, 9.17) is 0 Å². The van der Waals surface area contributed by atoms with Crippen molar-refractivity contribution in [1.82, 2.24) is 15.4 Å². The Morgan fingerprint density at radius 3 is 2.40 bits per heavy atom. The zero-order valence-electron chi connectivity index (χ0n) is 9.70. The van der Waals surface area contributed by atoms with Crippen molar-refractivity contribution in [2.24, 2.45) is 0 Å². The van der Waals surface area contributed by atoms with E-state index in [-0.39, 0.29) is 0 Å². The van der Waals surface area contributed by atoms with E-state index >= 15 is 0 Å². The lowest BCUT2D eigenvalue weighted by atomic mass is 9.94. The molecule has 0 saturated carbocycles. The molecule has 0 radical (unpaired) electrons. The molecule has 2 rings (SSSR count). The number of nitrogens with zero attached hydrogens (tertiary/aromatic N) is 2. The lowest BCUT2D eigenvalue weighted by molar-refractivity contribution is 0.839. The Bertz CT molecular complexity index is 469. The standard InChI is InChI=1S/C12H17N3/c1-7(2)9-5-10(8(3)4)12-11(6-9)13-15-14-12/h5-8H,1-4H3,(H,13,14,15). The number of H-pyrrole nitrogens is 1. The summed E-state index contributed by atoms with van der Waals surface area (Å²) in [4.78, 5) is 0. The molecule has 0 bridgehead atoms. The smallest absolute Gasteiger partial charge is 0.116 e. The fourth-order valence-electron chi connectivity index (χ4n) is 1.78. The van der Waals surface area contributed by atoms with Crippen LogP contribution >= 0.6 is 0 Å². The highest BCUT2D eigenvalue weighted by Gasteiger charge is 2.11. The number of benzene rings is 1. The van der Waals surface area contributed by atoms with Crippen molar-refractivity contribution < 1.29 is 0 Å². The molecule has 0 saturated heterocycles. The van der Waals surface area contributed by atoms with Crippen molar-refractivity contribution in [3.63, 3.8) is 0 Å². The molecule has 0 aliphatic carbocycles. The molecular weight excluding hydrogens is 186 g/mol. The highest BCUT2D eigenvalue weighted by molar-refractivity contribution is 5.79. The average molecular weight is 203 g/mol. The van der Waals surface area contributed by atoms with Crippen LogP contribution in [0.15, 0.2) is 12.1 Å². The van der Waals surface area contributed by atoms with E-state index in [0.29, 0.717) is 11.8 Å². The van der Waals surface area contributed by atoms with E-state index in [1.807, 2.05) is 0 Å². The summed E-state index contributed by atoms with van der Waals surface area (Å²) < 4.78 is 0. The molecule has 0 amide bonds. The van der Waals surface area contributed by atoms with Gasteiger partial charge in [0, 0.05) is 0 Å². The van der Waals surface area contributed by atoms with Gasteiger partial charge in [-0.2, -0.15) is 0 Å². The average Bonchev–Trinajstić information content (AvgIpc) is 2.62.